The van der Waals surface area contributed by atoms with Gasteiger partial charge in [-0.1, -0.05) is 29.8 Å². The highest BCUT2D eigenvalue weighted by Gasteiger charge is 2.23. The minimum absolute atomic E-state index is 0.103. The smallest absolute Gasteiger partial charge is 0.322 e. The maximum atomic E-state index is 13.4. The fraction of sp³-hybridized carbons (Fsp3) is 0.273. The van der Waals surface area contributed by atoms with Crippen molar-refractivity contribution < 1.29 is 13.6 Å². The number of carbonyl (C=O) groups excluding carboxylic acids is 1. The molecule has 1 unspecified atom stereocenters. The molecule has 3 N–H and O–H groups in total. The number of halogens is 3. The largest absolute Gasteiger partial charge is 0.328 e. The average Bonchev–Trinajstić information content (AvgIpc) is 2.76. The summed E-state index contributed by atoms with van der Waals surface area (Å²) in [6, 6.07) is 10.2. The molecule has 9 heteroatoms. The third-order valence-electron chi connectivity index (χ3n) is 4.99. The van der Waals surface area contributed by atoms with Gasteiger partial charge in [-0.15, -0.1) is 0 Å². The number of nitrogens with one attached hydrogen (secondary N) is 3. The molecular formula is C22H23ClF2N4O2. The number of aromatic nitrogens is 1. The van der Waals surface area contributed by atoms with Crippen LogP contribution in [0.5, 0.6) is 0 Å². The number of hydrogen-bond acceptors (Lipinski definition) is 3. The zero-order valence-corrected chi connectivity index (χ0v) is 17.7. The number of carbonyl (C=O) groups is 1. The first-order valence-electron chi connectivity index (χ1n) is 9.82. The van der Waals surface area contributed by atoms with Gasteiger partial charge in [0.1, 0.15) is 12.5 Å². The van der Waals surface area contributed by atoms with Crippen molar-refractivity contribution in [2.24, 2.45) is 0 Å². The van der Waals surface area contributed by atoms with Crippen molar-refractivity contribution in [3.63, 3.8) is 0 Å². The van der Waals surface area contributed by atoms with Crippen LogP contribution in [0.4, 0.5) is 19.3 Å². The predicted octanol–water partition coefficient (Wildman–Crippen LogP) is 4.47. The van der Waals surface area contributed by atoms with Gasteiger partial charge in [0.2, 0.25) is 0 Å². The van der Waals surface area contributed by atoms with Gasteiger partial charge in [-0.3, -0.25) is 4.79 Å². The summed E-state index contributed by atoms with van der Waals surface area (Å²) in [7, 11) is 0. The van der Waals surface area contributed by atoms with Crippen LogP contribution in [0, 0.1) is 5.82 Å². The molecule has 0 fully saturated rings. The lowest BCUT2D eigenvalue weighted by Crippen LogP contribution is -2.41. The number of hydrogen-bond donors (Lipinski definition) is 3. The van der Waals surface area contributed by atoms with E-state index in [1.54, 1.807) is 23.2 Å². The minimum atomic E-state index is -0.583. The number of aromatic amines is 1. The molecule has 3 aromatic rings. The first-order valence-corrected chi connectivity index (χ1v) is 10.2. The lowest BCUT2D eigenvalue weighted by atomic mass is 10.0. The zero-order valence-electron chi connectivity index (χ0n) is 16.9. The second kappa shape index (κ2) is 10.4. The molecule has 31 heavy (non-hydrogen) atoms. The standard InChI is InChI=1S/C22H23ClF2N4O2/c1-14(18-13-27-21(30)17-5-3-2-4-16(17)18)29(11-10-26-9-8-24)22(31)28-15-6-7-20(25)19(23)12-15/h2-7,12-14,26H,8-11H2,1H3,(H,27,30)(H,28,31). The van der Waals surface area contributed by atoms with Crippen molar-refractivity contribution in [2.75, 3.05) is 31.6 Å². The second-order valence-corrected chi connectivity index (χ2v) is 7.39. The quantitative estimate of drug-likeness (QED) is 0.445. The van der Waals surface area contributed by atoms with Crippen molar-refractivity contribution in [2.45, 2.75) is 13.0 Å². The van der Waals surface area contributed by atoms with Crippen LogP contribution in [0.1, 0.15) is 18.5 Å². The van der Waals surface area contributed by atoms with Crippen molar-refractivity contribution in [1.82, 2.24) is 15.2 Å². The van der Waals surface area contributed by atoms with Gasteiger partial charge in [0.15, 0.2) is 0 Å². The molecule has 0 aliphatic rings. The molecule has 0 spiro atoms. The number of H-pyrrole nitrogens is 1. The molecule has 164 valence electrons. The molecule has 0 saturated heterocycles. The summed E-state index contributed by atoms with van der Waals surface area (Å²) in [5.74, 6) is -0.583. The van der Waals surface area contributed by atoms with E-state index in [9.17, 15) is 18.4 Å². The maximum absolute atomic E-state index is 13.4. The van der Waals surface area contributed by atoms with Gasteiger partial charge in [-0.25, -0.2) is 13.6 Å². The molecular weight excluding hydrogens is 426 g/mol. The number of benzene rings is 2. The molecule has 1 aromatic heterocycles. The van der Waals surface area contributed by atoms with E-state index in [-0.39, 0.29) is 23.7 Å². The molecule has 2 amide bonds. The lowest BCUT2D eigenvalue weighted by molar-refractivity contribution is 0.193. The summed E-state index contributed by atoms with van der Waals surface area (Å²) in [6.45, 7) is 2.15. The number of nitrogens with zero attached hydrogens (tertiary/aromatic N) is 1. The number of amides is 2. The van der Waals surface area contributed by atoms with Crippen LogP contribution in [0.3, 0.4) is 0 Å². The molecule has 6 nitrogen and oxygen atoms in total. The molecule has 0 aliphatic carbocycles. The summed E-state index contributed by atoms with van der Waals surface area (Å²) in [4.78, 5) is 29.5. The number of alkyl halides is 1. The topological polar surface area (TPSA) is 77.2 Å². The number of rotatable bonds is 8. The molecule has 2 aromatic carbocycles. The Morgan fingerprint density at radius 3 is 2.65 bits per heavy atom. The number of urea groups is 1. The van der Waals surface area contributed by atoms with E-state index in [4.69, 9.17) is 11.6 Å². The highest BCUT2D eigenvalue weighted by Crippen LogP contribution is 2.27. The van der Waals surface area contributed by atoms with Crippen molar-refractivity contribution in [3.8, 4) is 0 Å². The first-order chi connectivity index (χ1) is 14.9. The van der Waals surface area contributed by atoms with Gasteiger partial charge in [0.25, 0.3) is 5.56 Å². The fourth-order valence-corrected chi connectivity index (χ4v) is 3.56. The van der Waals surface area contributed by atoms with Gasteiger partial charge in [-0.05, 0) is 42.1 Å². The van der Waals surface area contributed by atoms with E-state index < -0.39 is 24.6 Å². The van der Waals surface area contributed by atoms with Crippen LogP contribution in [-0.2, 0) is 0 Å². The van der Waals surface area contributed by atoms with Crippen molar-refractivity contribution >= 4 is 34.1 Å². The molecule has 0 saturated carbocycles. The van der Waals surface area contributed by atoms with E-state index in [0.29, 0.717) is 17.6 Å². The minimum Gasteiger partial charge on any atom is -0.328 e. The Balaban J connectivity index is 1.90. The van der Waals surface area contributed by atoms with E-state index in [2.05, 4.69) is 15.6 Å². The zero-order chi connectivity index (χ0) is 22.4. The van der Waals surface area contributed by atoms with Crippen molar-refractivity contribution in [3.05, 3.63) is 75.4 Å². The van der Waals surface area contributed by atoms with Crippen LogP contribution in [-0.4, -0.2) is 42.2 Å². The van der Waals surface area contributed by atoms with E-state index in [1.165, 1.54) is 18.2 Å². The van der Waals surface area contributed by atoms with Gasteiger partial charge in [0, 0.05) is 36.9 Å². The summed E-state index contributed by atoms with van der Waals surface area (Å²) in [5, 5.41) is 6.80. The Labute approximate surface area is 183 Å². The highest BCUT2D eigenvalue weighted by atomic mass is 35.5. The second-order valence-electron chi connectivity index (χ2n) is 6.99. The van der Waals surface area contributed by atoms with Crippen LogP contribution < -0.4 is 16.2 Å². The normalized spacial score (nSPS) is 12.0. The molecule has 0 aliphatic heterocycles. The molecule has 1 atom stereocenters. The van der Waals surface area contributed by atoms with Gasteiger partial charge in [-0.2, -0.15) is 0 Å². The Kier molecular flexibility index (Phi) is 7.59. The van der Waals surface area contributed by atoms with Crippen molar-refractivity contribution in [1.29, 1.82) is 0 Å². The molecule has 3 rings (SSSR count). The number of pyridine rings is 1. The number of fused-ring (bicyclic) bond motifs is 1. The Morgan fingerprint density at radius 2 is 1.94 bits per heavy atom. The predicted molar refractivity (Wildman–Crippen MR) is 119 cm³/mol. The highest BCUT2D eigenvalue weighted by molar-refractivity contribution is 6.31. The average molecular weight is 449 g/mol. The molecule has 0 radical (unpaired) electrons. The SMILES string of the molecule is CC(c1c[nH]c(=O)c2ccccc12)N(CCNCCF)C(=O)Nc1ccc(F)c(Cl)c1. The third kappa shape index (κ3) is 5.39. The third-order valence-corrected chi connectivity index (χ3v) is 5.28. The molecule has 0 bridgehead atoms. The fourth-order valence-electron chi connectivity index (χ4n) is 3.38. The number of anilines is 1. The van der Waals surface area contributed by atoms with Crippen LogP contribution in [0.15, 0.2) is 53.5 Å². The lowest BCUT2D eigenvalue weighted by Gasteiger charge is -2.30. The first kappa shape index (κ1) is 22.7. The maximum Gasteiger partial charge on any atom is 0.322 e. The van der Waals surface area contributed by atoms with Crippen LogP contribution in [0.2, 0.25) is 5.02 Å². The Bertz CT molecular complexity index is 1120. The van der Waals surface area contributed by atoms with E-state index >= 15 is 0 Å². The van der Waals surface area contributed by atoms with Gasteiger partial charge >= 0.3 is 6.03 Å². The van der Waals surface area contributed by atoms with Gasteiger partial charge < -0.3 is 20.5 Å². The van der Waals surface area contributed by atoms with E-state index in [0.717, 1.165) is 10.9 Å². The monoisotopic (exact) mass is 448 g/mol. The summed E-state index contributed by atoms with van der Waals surface area (Å²) in [5.41, 5.74) is 0.887. The van der Waals surface area contributed by atoms with Crippen LogP contribution in [0.25, 0.3) is 10.8 Å². The van der Waals surface area contributed by atoms with E-state index in [1.807, 2.05) is 19.1 Å². The summed E-state index contributed by atoms with van der Waals surface area (Å²) < 4.78 is 25.9. The van der Waals surface area contributed by atoms with Gasteiger partial charge in [0.05, 0.1) is 11.1 Å². The summed E-state index contributed by atoms with van der Waals surface area (Å²) >= 11 is 5.81. The Hall–Kier alpha value is -2.97. The summed E-state index contributed by atoms with van der Waals surface area (Å²) in [6.07, 6.45) is 1.60. The molecule has 1 heterocycles. The van der Waals surface area contributed by atoms with Crippen LogP contribution >= 0.6 is 11.6 Å². The Morgan fingerprint density at radius 1 is 1.19 bits per heavy atom.